The number of rotatable bonds is 5. The Hall–Kier alpha value is -2.27. The van der Waals surface area contributed by atoms with Crippen molar-refractivity contribution in [2.75, 3.05) is 16.8 Å². The van der Waals surface area contributed by atoms with Gasteiger partial charge in [0.2, 0.25) is 5.91 Å². The molecular weight excluding hydrogens is 427 g/mol. The molecule has 6 nitrogen and oxygen atoms in total. The Kier molecular flexibility index (Phi) is 6.08. The van der Waals surface area contributed by atoms with E-state index in [-0.39, 0.29) is 34.2 Å². The number of carbonyl (C=O) groups is 1. The second-order valence-corrected chi connectivity index (χ2v) is 9.98. The molecule has 3 rings (SSSR count). The van der Waals surface area contributed by atoms with Gasteiger partial charge in [0, 0.05) is 17.0 Å². The monoisotopic (exact) mass is 445 g/mol. The number of hydrogen-bond donors (Lipinski definition) is 1. The number of anilines is 1. The molecule has 1 aromatic carbocycles. The van der Waals surface area contributed by atoms with E-state index in [0.29, 0.717) is 23.5 Å². The van der Waals surface area contributed by atoms with Crippen LogP contribution < -0.4 is 5.32 Å². The summed E-state index contributed by atoms with van der Waals surface area (Å²) in [4.78, 5) is 12.3. The van der Waals surface area contributed by atoms with E-state index < -0.39 is 21.3 Å². The highest BCUT2D eigenvalue weighted by atomic mass is 32.2. The van der Waals surface area contributed by atoms with Crippen LogP contribution in [0.25, 0.3) is 6.08 Å². The summed E-state index contributed by atoms with van der Waals surface area (Å²) in [5.74, 6) is 0.0126. The average molecular weight is 445 g/mol. The molecule has 1 N–H and O–H groups in total. The van der Waals surface area contributed by atoms with Gasteiger partial charge < -0.3 is 5.32 Å². The molecule has 2 aromatic rings. The maximum absolute atomic E-state index is 12.3. The molecule has 11 heteroatoms. The number of aryl methyl sites for hydroxylation is 1. The van der Waals surface area contributed by atoms with Gasteiger partial charge in [0.25, 0.3) is 0 Å². The summed E-state index contributed by atoms with van der Waals surface area (Å²) in [5, 5.41) is 6.96. The van der Waals surface area contributed by atoms with Gasteiger partial charge in [-0.05, 0) is 48.9 Å². The van der Waals surface area contributed by atoms with Gasteiger partial charge in [0.05, 0.1) is 23.2 Å². The highest BCUT2D eigenvalue weighted by Crippen LogP contribution is 2.36. The number of aromatic nitrogens is 2. The van der Waals surface area contributed by atoms with E-state index in [4.69, 9.17) is 0 Å². The molecule has 1 aliphatic rings. The first-order valence-electron chi connectivity index (χ1n) is 8.62. The molecule has 156 valence electrons. The van der Waals surface area contributed by atoms with Crippen molar-refractivity contribution >= 4 is 39.4 Å². The number of hydrogen-bond acceptors (Lipinski definition) is 5. The quantitative estimate of drug-likeness (QED) is 0.559. The van der Waals surface area contributed by atoms with Crippen molar-refractivity contribution < 1.29 is 26.4 Å². The number of nitrogens with zero attached hydrogens (tertiary/aromatic N) is 2. The number of thioether (sulfide) groups is 1. The molecule has 0 aliphatic carbocycles. The normalized spacial score (nSPS) is 19.0. The summed E-state index contributed by atoms with van der Waals surface area (Å²) in [5.41, 5.74) is -3.14. The average Bonchev–Trinajstić information content (AvgIpc) is 3.14. The number of nitrogens with one attached hydrogen (secondary N) is 1. The van der Waals surface area contributed by atoms with Crippen LogP contribution in [0.15, 0.2) is 41.3 Å². The fraction of sp³-hybridized carbons (Fsp3) is 0.333. The molecule has 2 heterocycles. The fourth-order valence-electron chi connectivity index (χ4n) is 2.98. The molecule has 0 saturated carbocycles. The Morgan fingerprint density at radius 3 is 2.59 bits per heavy atom. The van der Waals surface area contributed by atoms with Gasteiger partial charge in [-0.1, -0.05) is 12.1 Å². The highest BCUT2D eigenvalue weighted by Gasteiger charge is 2.31. The lowest BCUT2D eigenvalue weighted by Crippen LogP contribution is -2.18. The van der Waals surface area contributed by atoms with E-state index in [1.165, 1.54) is 41.1 Å². The van der Waals surface area contributed by atoms with Crippen LogP contribution in [0.4, 0.5) is 19.0 Å². The molecule has 29 heavy (non-hydrogen) atoms. The smallest absolute Gasteiger partial charge is 0.307 e. The molecule has 1 aliphatic heterocycles. The Balaban J connectivity index is 1.65. The number of alkyl halides is 3. The van der Waals surface area contributed by atoms with Crippen molar-refractivity contribution in [2.24, 2.45) is 0 Å². The second-order valence-electron chi connectivity index (χ2n) is 6.61. The van der Waals surface area contributed by atoms with Crippen molar-refractivity contribution in [3.8, 4) is 0 Å². The predicted octanol–water partition coefficient (Wildman–Crippen LogP) is 3.81. The van der Waals surface area contributed by atoms with E-state index in [1.807, 2.05) is 0 Å². The third-order valence-corrected chi connectivity index (χ3v) is 6.69. The van der Waals surface area contributed by atoms with Gasteiger partial charge in [-0.3, -0.25) is 4.79 Å². The zero-order chi connectivity index (χ0) is 21.2. The second kappa shape index (κ2) is 8.23. The van der Waals surface area contributed by atoms with E-state index in [0.717, 1.165) is 0 Å². The first-order chi connectivity index (χ1) is 13.5. The maximum atomic E-state index is 12.3. The molecule has 1 amide bonds. The zero-order valence-corrected chi connectivity index (χ0v) is 16.9. The van der Waals surface area contributed by atoms with Crippen LogP contribution in [0.5, 0.6) is 0 Å². The molecule has 1 saturated heterocycles. The van der Waals surface area contributed by atoms with Crippen LogP contribution in [0, 0.1) is 6.92 Å². The Morgan fingerprint density at radius 1 is 1.31 bits per heavy atom. The third-order valence-electron chi connectivity index (χ3n) is 4.20. The summed E-state index contributed by atoms with van der Waals surface area (Å²) in [6.07, 6.45) is 3.17. The topological polar surface area (TPSA) is 81.1 Å². The van der Waals surface area contributed by atoms with Crippen LogP contribution in [0.3, 0.4) is 0 Å². The summed E-state index contributed by atoms with van der Waals surface area (Å²) < 4.78 is 62.0. The third kappa shape index (κ3) is 6.10. The molecule has 0 bridgehead atoms. The molecule has 1 atom stereocenters. The van der Waals surface area contributed by atoms with E-state index in [9.17, 15) is 26.4 Å². The number of benzene rings is 1. The van der Waals surface area contributed by atoms with Crippen LogP contribution in [-0.2, 0) is 14.6 Å². The van der Waals surface area contributed by atoms with Crippen LogP contribution >= 0.6 is 11.8 Å². The van der Waals surface area contributed by atoms with E-state index in [2.05, 4.69) is 10.4 Å². The van der Waals surface area contributed by atoms with Gasteiger partial charge in [-0.15, -0.1) is 0 Å². The van der Waals surface area contributed by atoms with Crippen LogP contribution in [0.1, 0.15) is 23.7 Å². The Labute approximate surface area is 170 Å². The van der Waals surface area contributed by atoms with Gasteiger partial charge in [-0.2, -0.15) is 18.3 Å². The predicted molar refractivity (Wildman–Crippen MR) is 105 cm³/mol. The lowest BCUT2D eigenvalue weighted by Gasteiger charge is -2.13. The summed E-state index contributed by atoms with van der Waals surface area (Å²) in [6, 6.07) is 6.95. The first-order valence-corrected chi connectivity index (χ1v) is 11.3. The van der Waals surface area contributed by atoms with Gasteiger partial charge in [0.1, 0.15) is 5.82 Å². The minimum atomic E-state index is -4.35. The minimum absolute atomic E-state index is 0.0187. The fourth-order valence-corrected chi connectivity index (χ4v) is 5.21. The maximum Gasteiger partial charge on any atom is 0.446 e. The standard InChI is InChI=1S/C18H18F3N3O3S2/c1-12-10-16(24(23-12)14-8-9-29(26,27)11-14)22-17(25)7-4-13-2-5-15(6-3-13)28-18(19,20)21/h2-7,10,14H,8-9,11H2,1H3,(H,22,25)/b7-4+/t14-/m0/s1. The lowest BCUT2D eigenvalue weighted by atomic mass is 10.2. The summed E-state index contributed by atoms with van der Waals surface area (Å²) in [7, 11) is -3.10. The summed E-state index contributed by atoms with van der Waals surface area (Å²) >= 11 is -0.205. The van der Waals surface area contributed by atoms with E-state index >= 15 is 0 Å². The molecule has 0 radical (unpaired) electrons. The molecule has 0 unspecified atom stereocenters. The Bertz CT molecular complexity index is 1030. The lowest BCUT2D eigenvalue weighted by molar-refractivity contribution is -0.111. The number of amides is 1. The number of halogens is 3. The van der Waals surface area contributed by atoms with Crippen LogP contribution in [0.2, 0.25) is 0 Å². The zero-order valence-electron chi connectivity index (χ0n) is 15.3. The van der Waals surface area contributed by atoms with Gasteiger partial charge >= 0.3 is 5.51 Å². The highest BCUT2D eigenvalue weighted by molar-refractivity contribution is 8.00. The van der Waals surface area contributed by atoms with Crippen molar-refractivity contribution in [3.05, 3.63) is 47.7 Å². The minimum Gasteiger partial charge on any atom is -0.307 e. The molecule has 1 fully saturated rings. The molecule has 1 aromatic heterocycles. The van der Waals surface area contributed by atoms with Crippen molar-refractivity contribution in [1.29, 1.82) is 0 Å². The van der Waals surface area contributed by atoms with E-state index in [1.54, 1.807) is 13.0 Å². The largest absolute Gasteiger partial charge is 0.446 e. The van der Waals surface area contributed by atoms with Gasteiger partial charge in [0.15, 0.2) is 9.84 Å². The Morgan fingerprint density at radius 2 is 2.00 bits per heavy atom. The van der Waals surface area contributed by atoms with Crippen molar-refractivity contribution in [1.82, 2.24) is 9.78 Å². The molecule has 0 spiro atoms. The summed E-state index contributed by atoms with van der Waals surface area (Å²) in [6.45, 7) is 1.74. The first kappa shape index (κ1) is 21.4. The number of sulfone groups is 1. The SMILES string of the molecule is Cc1cc(NC(=O)/C=C/c2ccc(SC(F)(F)F)cc2)n([C@H]2CCS(=O)(=O)C2)n1. The van der Waals surface area contributed by atoms with Crippen molar-refractivity contribution in [3.63, 3.8) is 0 Å². The van der Waals surface area contributed by atoms with Gasteiger partial charge in [-0.25, -0.2) is 13.1 Å². The molecular formula is C18H18F3N3O3S2. The van der Waals surface area contributed by atoms with Crippen molar-refractivity contribution in [2.45, 2.75) is 29.8 Å². The van der Waals surface area contributed by atoms with Crippen LogP contribution in [-0.4, -0.2) is 41.1 Å². The number of carbonyl (C=O) groups excluding carboxylic acids is 1.